The van der Waals surface area contributed by atoms with Gasteiger partial charge in [0, 0.05) is 33.3 Å². The third kappa shape index (κ3) is 2.50. The van der Waals surface area contributed by atoms with Crippen LogP contribution >= 0.6 is 15.9 Å². The number of fused-ring (bicyclic) bond motifs is 1. The largest absolute Gasteiger partial charge is 0.361 e. The molecule has 20 heavy (non-hydrogen) atoms. The summed E-state index contributed by atoms with van der Waals surface area (Å²) in [4.78, 5) is 17.7. The Hall–Kier alpha value is -2.34. The van der Waals surface area contributed by atoms with Crippen molar-refractivity contribution in [2.75, 3.05) is 0 Å². The quantitative estimate of drug-likeness (QED) is 0.501. The molecule has 3 aromatic rings. The van der Waals surface area contributed by atoms with Crippen molar-refractivity contribution in [1.82, 2.24) is 15.4 Å². The number of hydrogen-bond donors (Lipinski definition) is 3. The van der Waals surface area contributed by atoms with E-state index >= 15 is 0 Å². The van der Waals surface area contributed by atoms with E-state index < -0.39 is 0 Å². The monoisotopic (exact) mass is 330 g/mol. The number of hydrazone groups is 1. The zero-order valence-electron chi connectivity index (χ0n) is 10.4. The van der Waals surface area contributed by atoms with Gasteiger partial charge in [-0.05, 0) is 30.3 Å². The molecule has 0 bridgehead atoms. The zero-order chi connectivity index (χ0) is 13.9. The molecule has 0 unspecified atom stereocenters. The molecule has 1 aromatic carbocycles. The van der Waals surface area contributed by atoms with Crippen molar-refractivity contribution in [3.8, 4) is 0 Å². The fourth-order valence-electron chi connectivity index (χ4n) is 1.91. The number of nitrogens with one attached hydrogen (secondary N) is 3. The van der Waals surface area contributed by atoms with Crippen molar-refractivity contribution in [2.24, 2.45) is 5.10 Å². The maximum absolute atomic E-state index is 11.7. The highest BCUT2D eigenvalue weighted by atomic mass is 79.9. The molecule has 3 rings (SSSR count). The first-order chi connectivity index (χ1) is 9.74. The summed E-state index contributed by atoms with van der Waals surface area (Å²) in [6.07, 6.45) is 5.16. The average molecular weight is 331 g/mol. The summed E-state index contributed by atoms with van der Waals surface area (Å²) in [6, 6.07) is 9.39. The fraction of sp³-hybridized carbons (Fsp3) is 0. The van der Waals surface area contributed by atoms with Crippen molar-refractivity contribution in [3.63, 3.8) is 0 Å². The maximum atomic E-state index is 11.7. The summed E-state index contributed by atoms with van der Waals surface area (Å²) in [5.41, 5.74) is 4.88. The van der Waals surface area contributed by atoms with Crippen LogP contribution in [0.4, 0.5) is 0 Å². The molecule has 3 N–H and O–H groups in total. The van der Waals surface area contributed by atoms with E-state index in [1.807, 2.05) is 24.4 Å². The summed E-state index contributed by atoms with van der Waals surface area (Å²) in [7, 11) is 0. The molecule has 6 heteroatoms. The SMILES string of the molecule is O=C(N/N=C/c1c[nH]c2ccc(Br)cc12)c1ccc[nH]1. The Morgan fingerprint density at radius 3 is 3.00 bits per heavy atom. The van der Waals surface area contributed by atoms with Crippen molar-refractivity contribution >= 4 is 39.0 Å². The normalized spacial score (nSPS) is 11.2. The number of hydrogen-bond acceptors (Lipinski definition) is 2. The third-order valence-corrected chi connectivity index (χ3v) is 3.38. The summed E-state index contributed by atoms with van der Waals surface area (Å²) in [5, 5.41) is 5.01. The minimum Gasteiger partial charge on any atom is -0.361 e. The number of carbonyl (C=O) groups excluding carboxylic acids is 1. The van der Waals surface area contributed by atoms with E-state index in [1.54, 1.807) is 24.5 Å². The molecule has 0 aliphatic carbocycles. The van der Waals surface area contributed by atoms with E-state index in [0.29, 0.717) is 5.69 Å². The molecule has 0 aliphatic rings. The van der Waals surface area contributed by atoms with Crippen LogP contribution in [0.25, 0.3) is 10.9 Å². The number of rotatable bonds is 3. The van der Waals surface area contributed by atoms with Crippen molar-refractivity contribution in [1.29, 1.82) is 0 Å². The lowest BCUT2D eigenvalue weighted by molar-refractivity contribution is 0.0951. The lowest BCUT2D eigenvalue weighted by Crippen LogP contribution is -2.17. The Labute approximate surface area is 123 Å². The van der Waals surface area contributed by atoms with Crippen molar-refractivity contribution < 1.29 is 4.79 Å². The molecular formula is C14H11BrN4O. The van der Waals surface area contributed by atoms with Gasteiger partial charge in [0.15, 0.2) is 0 Å². The average Bonchev–Trinajstić information content (AvgIpc) is 3.08. The van der Waals surface area contributed by atoms with Crippen LogP contribution in [0.2, 0.25) is 0 Å². The minimum atomic E-state index is -0.271. The van der Waals surface area contributed by atoms with Gasteiger partial charge in [-0.25, -0.2) is 5.43 Å². The second kappa shape index (κ2) is 5.34. The van der Waals surface area contributed by atoms with Gasteiger partial charge >= 0.3 is 0 Å². The van der Waals surface area contributed by atoms with Gasteiger partial charge in [-0.3, -0.25) is 4.79 Å². The Balaban J connectivity index is 1.78. The van der Waals surface area contributed by atoms with E-state index in [4.69, 9.17) is 0 Å². The first-order valence-electron chi connectivity index (χ1n) is 5.97. The number of halogens is 1. The Morgan fingerprint density at radius 1 is 1.30 bits per heavy atom. The summed E-state index contributed by atoms with van der Waals surface area (Å²) < 4.78 is 0.995. The van der Waals surface area contributed by atoms with Gasteiger partial charge in [-0.15, -0.1) is 0 Å². The number of amides is 1. The highest BCUT2D eigenvalue weighted by molar-refractivity contribution is 9.10. The lowest BCUT2D eigenvalue weighted by Gasteiger charge is -1.96. The first-order valence-corrected chi connectivity index (χ1v) is 6.77. The van der Waals surface area contributed by atoms with E-state index in [9.17, 15) is 4.79 Å². The third-order valence-electron chi connectivity index (χ3n) is 2.89. The van der Waals surface area contributed by atoms with E-state index in [1.165, 1.54) is 0 Å². The number of aromatic amines is 2. The van der Waals surface area contributed by atoms with Gasteiger partial charge in [-0.2, -0.15) is 5.10 Å². The van der Waals surface area contributed by atoms with Crippen molar-refractivity contribution in [3.05, 3.63) is 58.5 Å². The topological polar surface area (TPSA) is 73.0 Å². The van der Waals surface area contributed by atoms with Gasteiger partial charge in [0.25, 0.3) is 5.91 Å². The number of H-pyrrole nitrogens is 2. The molecule has 2 aromatic heterocycles. The number of nitrogens with zero attached hydrogens (tertiary/aromatic N) is 1. The maximum Gasteiger partial charge on any atom is 0.287 e. The predicted molar refractivity (Wildman–Crippen MR) is 81.9 cm³/mol. The Morgan fingerprint density at radius 2 is 2.20 bits per heavy atom. The van der Waals surface area contributed by atoms with Gasteiger partial charge in [0.1, 0.15) is 5.69 Å². The van der Waals surface area contributed by atoms with Crippen LogP contribution in [-0.2, 0) is 0 Å². The number of benzene rings is 1. The highest BCUT2D eigenvalue weighted by Gasteiger charge is 2.04. The molecule has 5 nitrogen and oxygen atoms in total. The van der Waals surface area contributed by atoms with Crippen LogP contribution in [0.1, 0.15) is 16.1 Å². The van der Waals surface area contributed by atoms with Crippen LogP contribution in [0, 0.1) is 0 Å². The molecule has 0 spiro atoms. The predicted octanol–water partition coefficient (Wildman–Crippen LogP) is 3.02. The molecule has 0 saturated carbocycles. The van der Waals surface area contributed by atoms with Crippen LogP contribution in [0.15, 0.2) is 52.3 Å². The standard InChI is InChI=1S/C14H11BrN4O/c15-10-3-4-12-11(6-10)9(7-17-12)8-18-19-14(20)13-2-1-5-16-13/h1-8,16-17H,(H,19,20)/b18-8+. The molecule has 0 fully saturated rings. The molecule has 0 aliphatic heterocycles. The van der Waals surface area contributed by atoms with E-state index in [2.05, 4.69) is 36.4 Å². The zero-order valence-corrected chi connectivity index (χ0v) is 11.9. The highest BCUT2D eigenvalue weighted by Crippen LogP contribution is 2.21. The number of aromatic nitrogens is 2. The Kier molecular flexibility index (Phi) is 3.39. The minimum absolute atomic E-state index is 0.271. The van der Waals surface area contributed by atoms with Crippen LogP contribution in [0.3, 0.4) is 0 Å². The van der Waals surface area contributed by atoms with E-state index in [-0.39, 0.29) is 5.91 Å². The second-order valence-corrected chi connectivity index (χ2v) is 5.13. The smallest absolute Gasteiger partial charge is 0.287 e. The van der Waals surface area contributed by atoms with Crippen LogP contribution < -0.4 is 5.43 Å². The van der Waals surface area contributed by atoms with Gasteiger partial charge in [-0.1, -0.05) is 15.9 Å². The second-order valence-electron chi connectivity index (χ2n) is 4.22. The van der Waals surface area contributed by atoms with Crippen LogP contribution in [-0.4, -0.2) is 22.1 Å². The van der Waals surface area contributed by atoms with Crippen molar-refractivity contribution in [2.45, 2.75) is 0 Å². The summed E-state index contributed by atoms with van der Waals surface area (Å²) >= 11 is 3.44. The first kappa shape index (κ1) is 12.7. The van der Waals surface area contributed by atoms with Gasteiger partial charge in [0.2, 0.25) is 0 Å². The summed E-state index contributed by atoms with van der Waals surface area (Å²) in [5.74, 6) is -0.271. The van der Waals surface area contributed by atoms with Gasteiger partial charge in [0.05, 0.1) is 6.21 Å². The molecule has 100 valence electrons. The van der Waals surface area contributed by atoms with E-state index in [0.717, 1.165) is 20.9 Å². The molecular weight excluding hydrogens is 320 g/mol. The number of carbonyl (C=O) groups is 1. The summed E-state index contributed by atoms with van der Waals surface area (Å²) in [6.45, 7) is 0. The molecule has 0 saturated heterocycles. The Bertz CT molecular complexity index is 774. The molecule has 1 amide bonds. The van der Waals surface area contributed by atoms with Crippen LogP contribution in [0.5, 0.6) is 0 Å². The van der Waals surface area contributed by atoms with Gasteiger partial charge < -0.3 is 9.97 Å². The molecule has 0 radical (unpaired) electrons. The molecule has 2 heterocycles. The fourth-order valence-corrected chi connectivity index (χ4v) is 2.27. The lowest BCUT2D eigenvalue weighted by atomic mass is 10.2. The molecule has 0 atom stereocenters.